The monoisotopic (exact) mass is 182 g/mol. The van der Waals surface area contributed by atoms with E-state index < -0.39 is 0 Å². The van der Waals surface area contributed by atoms with Gasteiger partial charge in [0.2, 0.25) is 5.88 Å². The van der Waals surface area contributed by atoms with E-state index in [1.54, 1.807) is 19.5 Å². The maximum atomic E-state index is 5.35. The molecule has 0 aliphatic rings. The first-order chi connectivity index (χ1) is 6.36. The molecule has 0 aromatic carbocycles. The second-order valence-corrected chi connectivity index (χ2v) is 2.52. The highest BCUT2D eigenvalue weighted by Gasteiger charge is 1.96. The molecule has 0 bridgehead atoms. The lowest BCUT2D eigenvalue weighted by Crippen LogP contribution is -2.09. The molecule has 0 saturated carbocycles. The van der Waals surface area contributed by atoms with Crippen molar-refractivity contribution in [2.75, 3.05) is 25.5 Å². The molecular formula is C8H14N4O. The number of nitrogens with two attached hydrogens (primary N) is 1. The van der Waals surface area contributed by atoms with Gasteiger partial charge in [-0.15, -0.1) is 0 Å². The third kappa shape index (κ3) is 3.25. The van der Waals surface area contributed by atoms with Crippen LogP contribution in [0.5, 0.6) is 5.88 Å². The predicted molar refractivity (Wildman–Crippen MR) is 50.7 cm³/mol. The Hall–Kier alpha value is -1.36. The van der Waals surface area contributed by atoms with Crippen molar-refractivity contribution in [3.63, 3.8) is 0 Å². The van der Waals surface area contributed by atoms with Gasteiger partial charge < -0.3 is 15.8 Å². The second-order valence-electron chi connectivity index (χ2n) is 2.52. The Balaban J connectivity index is 2.46. The average molecular weight is 182 g/mol. The SMILES string of the molecule is COc1cncc(NCCCN)n1. The second kappa shape index (κ2) is 5.31. The minimum absolute atomic E-state index is 0.512. The van der Waals surface area contributed by atoms with E-state index in [1.165, 1.54) is 0 Å². The number of aromatic nitrogens is 2. The average Bonchev–Trinajstić information content (AvgIpc) is 2.19. The molecule has 3 N–H and O–H groups in total. The minimum Gasteiger partial charge on any atom is -0.480 e. The molecule has 0 radical (unpaired) electrons. The molecule has 5 heteroatoms. The van der Waals surface area contributed by atoms with Crippen molar-refractivity contribution in [2.45, 2.75) is 6.42 Å². The third-order valence-electron chi connectivity index (χ3n) is 1.51. The lowest BCUT2D eigenvalue weighted by atomic mass is 10.4. The van der Waals surface area contributed by atoms with E-state index in [4.69, 9.17) is 10.5 Å². The lowest BCUT2D eigenvalue weighted by molar-refractivity contribution is 0.396. The number of methoxy groups -OCH3 is 1. The number of hydrogen-bond acceptors (Lipinski definition) is 5. The maximum Gasteiger partial charge on any atom is 0.233 e. The van der Waals surface area contributed by atoms with Gasteiger partial charge in [0.25, 0.3) is 0 Å². The molecule has 13 heavy (non-hydrogen) atoms. The van der Waals surface area contributed by atoms with Crippen LogP contribution in [-0.4, -0.2) is 30.2 Å². The van der Waals surface area contributed by atoms with Gasteiger partial charge in [-0.1, -0.05) is 0 Å². The molecule has 5 nitrogen and oxygen atoms in total. The largest absolute Gasteiger partial charge is 0.480 e. The van der Waals surface area contributed by atoms with E-state index in [-0.39, 0.29) is 0 Å². The quantitative estimate of drug-likeness (QED) is 0.638. The van der Waals surface area contributed by atoms with Gasteiger partial charge >= 0.3 is 0 Å². The number of nitrogens with one attached hydrogen (secondary N) is 1. The van der Waals surface area contributed by atoms with Crippen molar-refractivity contribution < 1.29 is 4.74 Å². The normalized spacial score (nSPS) is 9.69. The lowest BCUT2D eigenvalue weighted by Gasteiger charge is -2.04. The maximum absolute atomic E-state index is 5.35. The van der Waals surface area contributed by atoms with Crippen molar-refractivity contribution in [3.8, 4) is 5.88 Å². The molecule has 0 unspecified atom stereocenters. The van der Waals surface area contributed by atoms with Crippen LogP contribution in [0.1, 0.15) is 6.42 Å². The Kier molecular flexibility index (Phi) is 3.98. The Bertz CT molecular complexity index is 254. The number of hydrogen-bond donors (Lipinski definition) is 2. The first kappa shape index (κ1) is 9.73. The molecule has 1 heterocycles. The summed E-state index contributed by atoms with van der Waals surface area (Å²) < 4.78 is 4.92. The Labute approximate surface area is 77.3 Å². The highest BCUT2D eigenvalue weighted by molar-refractivity contribution is 5.32. The van der Waals surface area contributed by atoms with Gasteiger partial charge in [0.1, 0.15) is 5.82 Å². The molecule has 0 atom stereocenters. The summed E-state index contributed by atoms with van der Waals surface area (Å²) >= 11 is 0. The minimum atomic E-state index is 0.512. The summed E-state index contributed by atoms with van der Waals surface area (Å²) in [6.45, 7) is 1.47. The van der Waals surface area contributed by atoms with Gasteiger partial charge in [0.05, 0.1) is 19.5 Å². The number of nitrogens with zero attached hydrogens (tertiary/aromatic N) is 2. The van der Waals surface area contributed by atoms with Crippen LogP contribution in [0.25, 0.3) is 0 Å². The summed E-state index contributed by atoms with van der Waals surface area (Å²) in [5, 5.41) is 3.09. The van der Waals surface area contributed by atoms with Crippen LogP contribution in [0, 0.1) is 0 Å². The summed E-state index contributed by atoms with van der Waals surface area (Å²) in [4.78, 5) is 8.08. The molecular weight excluding hydrogens is 168 g/mol. The smallest absolute Gasteiger partial charge is 0.233 e. The Morgan fingerprint density at radius 3 is 3.08 bits per heavy atom. The van der Waals surface area contributed by atoms with Gasteiger partial charge in [0, 0.05) is 6.54 Å². The topological polar surface area (TPSA) is 73.1 Å². The van der Waals surface area contributed by atoms with Crippen LogP contribution in [0.4, 0.5) is 5.82 Å². The summed E-state index contributed by atoms with van der Waals surface area (Å²) in [6, 6.07) is 0. The van der Waals surface area contributed by atoms with Crippen LogP contribution < -0.4 is 15.8 Å². The number of ether oxygens (including phenoxy) is 1. The van der Waals surface area contributed by atoms with Gasteiger partial charge in [-0.3, -0.25) is 4.98 Å². The molecule has 0 amide bonds. The molecule has 0 saturated heterocycles. The Morgan fingerprint density at radius 2 is 2.38 bits per heavy atom. The molecule has 0 spiro atoms. The standard InChI is InChI=1S/C8H14N4O/c1-13-8-6-10-5-7(12-8)11-4-2-3-9/h5-6H,2-4,9H2,1H3,(H,11,12). The molecule has 1 aromatic rings. The molecule has 0 aliphatic heterocycles. The number of anilines is 1. The van der Waals surface area contributed by atoms with Gasteiger partial charge in [-0.25, -0.2) is 0 Å². The van der Waals surface area contributed by atoms with Crippen LogP contribution in [0.2, 0.25) is 0 Å². The summed E-state index contributed by atoms with van der Waals surface area (Å²) in [5.41, 5.74) is 5.35. The molecule has 0 aliphatic carbocycles. The number of rotatable bonds is 5. The summed E-state index contributed by atoms with van der Waals surface area (Å²) in [6.07, 6.45) is 4.13. The van der Waals surface area contributed by atoms with Crippen molar-refractivity contribution in [3.05, 3.63) is 12.4 Å². The zero-order valence-corrected chi connectivity index (χ0v) is 7.66. The molecule has 0 fully saturated rings. The molecule has 1 rings (SSSR count). The summed E-state index contributed by atoms with van der Waals surface area (Å²) in [7, 11) is 1.56. The fraction of sp³-hybridized carbons (Fsp3) is 0.500. The van der Waals surface area contributed by atoms with E-state index in [9.17, 15) is 0 Å². The van der Waals surface area contributed by atoms with Gasteiger partial charge in [-0.2, -0.15) is 4.98 Å². The van der Waals surface area contributed by atoms with Crippen LogP contribution >= 0.6 is 0 Å². The van der Waals surface area contributed by atoms with Crippen LogP contribution in [0.15, 0.2) is 12.4 Å². The summed E-state index contributed by atoms with van der Waals surface area (Å²) in [5.74, 6) is 1.23. The van der Waals surface area contributed by atoms with Gasteiger partial charge in [0.15, 0.2) is 0 Å². The highest BCUT2D eigenvalue weighted by Crippen LogP contribution is 2.07. The third-order valence-corrected chi connectivity index (χ3v) is 1.51. The van der Waals surface area contributed by atoms with E-state index in [2.05, 4.69) is 15.3 Å². The van der Waals surface area contributed by atoms with E-state index in [1.807, 2.05) is 0 Å². The first-order valence-electron chi connectivity index (χ1n) is 4.17. The van der Waals surface area contributed by atoms with Crippen LogP contribution in [-0.2, 0) is 0 Å². The van der Waals surface area contributed by atoms with Crippen LogP contribution in [0.3, 0.4) is 0 Å². The van der Waals surface area contributed by atoms with Gasteiger partial charge in [-0.05, 0) is 13.0 Å². The molecule has 72 valence electrons. The highest BCUT2D eigenvalue weighted by atomic mass is 16.5. The molecule has 1 aromatic heterocycles. The predicted octanol–water partition coefficient (Wildman–Crippen LogP) is 0.246. The van der Waals surface area contributed by atoms with E-state index in [0.717, 1.165) is 13.0 Å². The zero-order chi connectivity index (χ0) is 9.52. The fourth-order valence-electron chi connectivity index (χ4n) is 0.850. The van der Waals surface area contributed by atoms with E-state index >= 15 is 0 Å². The first-order valence-corrected chi connectivity index (χ1v) is 4.17. The van der Waals surface area contributed by atoms with Crippen molar-refractivity contribution in [1.29, 1.82) is 0 Å². The Morgan fingerprint density at radius 1 is 1.54 bits per heavy atom. The van der Waals surface area contributed by atoms with Crippen molar-refractivity contribution in [2.24, 2.45) is 5.73 Å². The van der Waals surface area contributed by atoms with Crippen molar-refractivity contribution >= 4 is 5.82 Å². The zero-order valence-electron chi connectivity index (χ0n) is 7.66. The van der Waals surface area contributed by atoms with Crippen molar-refractivity contribution in [1.82, 2.24) is 9.97 Å². The van der Waals surface area contributed by atoms with E-state index in [0.29, 0.717) is 18.2 Å². The fourth-order valence-corrected chi connectivity index (χ4v) is 0.850.